The van der Waals surface area contributed by atoms with Crippen molar-refractivity contribution in [3.05, 3.63) is 30.1 Å². The van der Waals surface area contributed by atoms with Gasteiger partial charge in [-0.25, -0.2) is 0 Å². The van der Waals surface area contributed by atoms with Crippen molar-refractivity contribution < 1.29 is 0 Å². The number of pyridine rings is 1. The third kappa shape index (κ3) is 4.08. The van der Waals surface area contributed by atoms with E-state index in [0.717, 1.165) is 24.5 Å². The lowest BCUT2D eigenvalue weighted by atomic mass is 9.91. The quantitative estimate of drug-likeness (QED) is 0.923. The zero-order chi connectivity index (χ0) is 15.6. The average molecular weight is 301 g/mol. The Morgan fingerprint density at radius 1 is 1.18 bits per heavy atom. The molecule has 2 aliphatic rings. The number of nitrogens with one attached hydrogen (secondary N) is 1. The van der Waals surface area contributed by atoms with Gasteiger partial charge in [0.25, 0.3) is 0 Å². The number of rotatable bonds is 4. The predicted octanol–water partition coefficient (Wildman–Crippen LogP) is 3.46. The molecule has 1 aromatic heterocycles. The first kappa shape index (κ1) is 15.9. The van der Waals surface area contributed by atoms with Crippen molar-refractivity contribution in [2.24, 2.45) is 11.3 Å². The molecule has 0 aromatic carbocycles. The number of hydrogen-bond acceptors (Lipinski definition) is 3. The van der Waals surface area contributed by atoms with Gasteiger partial charge in [-0.15, -0.1) is 0 Å². The van der Waals surface area contributed by atoms with Crippen molar-refractivity contribution in [2.75, 3.05) is 13.1 Å². The van der Waals surface area contributed by atoms with Crippen molar-refractivity contribution in [3.63, 3.8) is 0 Å². The molecule has 0 radical (unpaired) electrons. The van der Waals surface area contributed by atoms with Crippen LogP contribution in [0.25, 0.3) is 0 Å². The Kier molecular flexibility index (Phi) is 4.84. The van der Waals surface area contributed by atoms with Crippen LogP contribution in [0.4, 0.5) is 0 Å². The molecule has 1 aliphatic carbocycles. The molecular formula is C19H31N3. The van der Waals surface area contributed by atoms with E-state index in [9.17, 15) is 0 Å². The van der Waals surface area contributed by atoms with Crippen LogP contribution in [0.15, 0.2) is 24.5 Å². The summed E-state index contributed by atoms with van der Waals surface area (Å²) in [5, 5.41) is 3.97. The summed E-state index contributed by atoms with van der Waals surface area (Å²) in [6, 6.07) is 5.71. The Balaban J connectivity index is 1.44. The van der Waals surface area contributed by atoms with Gasteiger partial charge in [0.05, 0.1) is 0 Å². The molecule has 0 amide bonds. The van der Waals surface area contributed by atoms with Gasteiger partial charge in [0.2, 0.25) is 0 Å². The van der Waals surface area contributed by atoms with Crippen LogP contribution < -0.4 is 5.32 Å². The van der Waals surface area contributed by atoms with Crippen LogP contribution in [0.5, 0.6) is 0 Å². The monoisotopic (exact) mass is 301 g/mol. The minimum atomic E-state index is 0.527. The summed E-state index contributed by atoms with van der Waals surface area (Å²) in [4.78, 5) is 6.68. The highest BCUT2D eigenvalue weighted by atomic mass is 15.1. The van der Waals surface area contributed by atoms with Crippen LogP contribution in [0, 0.1) is 11.3 Å². The molecule has 3 nitrogen and oxygen atoms in total. The SMILES string of the molecule is C[C@@H]1CC(C)(C)C[C@H]1NC1CCN(Cc2ccncc2)CC1. The summed E-state index contributed by atoms with van der Waals surface area (Å²) in [7, 11) is 0. The Labute approximate surface area is 135 Å². The highest BCUT2D eigenvalue weighted by Crippen LogP contribution is 2.41. The van der Waals surface area contributed by atoms with Gasteiger partial charge in [-0.1, -0.05) is 20.8 Å². The molecule has 1 saturated carbocycles. The molecule has 1 saturated heterocycles. The number of likely N-dealkylation sites (tertiary alicyclic amines) is 1. The lowest BCUT2D eigenvalue weighted by Crippen LogP contribution is -2.46. The summed E-state index contributed by atoms with van der Waals surface area (Å²) >= 11 is 0. The van der Waals surface area contributed by atoms with Gasteiger partial charge in [-0.2, -0.15) is 0 Å². The Hall–Kier alpha value is -0.930. The lowest BCUT2D eigenvalue weighted by Gasteiger charge is -2.35. The van der Waals surface area contributed by atoms with Gasteiger partial charge in [0.1, 0.15) is 0 Å². The largest absolute Gasteiger partial charge is 0.311 e. The van der Waals surface area contributed by atoms with Crippen molar-refractivity contribution in [3.8, 4) is 0 Å². The number of hydrogen-bond donors (Lipinski definition) is 1. The highest BCUT2D eigenvalue weighted by Gasteiger charge is 2.37. The van der Waals surface area contributed by atoms with Crippen LogP contribution in [-0.4, -0.2) is 35.1 Å². The molecule has 1 aliphatic heterocycles. The number of aromatic nitrogens is 1. The summed E-state index contributed by atoms with van der Waals surface area (Å²) in [5.41, 5.74) is 1.91. The molecule has 2 fully saturated rings. The van der Waals surface area contributed by atoms with Crippen molar-refractivity contribution in [1.29, 1.82) is 0 Å². The molecule has 3 heteroatoms. The summed E-state index contributed by atoms with van der Waals surface area (Å²) in [5.74, 6) is 0.824. The minimum Gasteiger partial charge on any atom is -0.311 e. The van der Waals surface area contributed by atoms with Crippen LogP contribution in [0.1, 0.15) is 52.0 Å². The normalized spacial score (nSPS) is 29.8. The average Bonchev–Trinajstić information content (AvgIpc) is 2.74. The Bertz CT molecular complexity index is 463. The fourth-order valence-electron chi connectivity index (χ4n) is 4.42. The van der Waals surface area contributed by atoms with E-state index in [1.54, 1.807) is 0 Å². The van der Waals surface area contributed by atoms with E-state index < -0.39 is 0 Å². The van der Waals surface area contributed by atoms with Gasteiger partial charge in [0, 0.05) is 31.0 Å². The fourth-order valence-corrected chi connectivity index (χ4v) is 4.42. The molecule has 2 atom stereocenters. The molecule has 1 aromatic rings. The van der Waals surface area contributed by atoms with Crippen molar-refractivity contribution >= 4 is 0 Å². The third-order valence-electron chi connectivity index (χ3n) is 5.53. The molecule has 1 N–H and O–H groups in total. The van der Waals surface area contributed by atoms with Gasteiger partial charge in [-0.3, -0.25) is 9.88 Å². The van der Waals surface area contributed by atoms with Crippen molar-refractivity contribution in [1.82, 2.24) is 15.2 Å². The second kappa shape index (κ2) is 6.67. The van der Waals surface area contributed by atoms with Gasteiger partial charge >= 0.3 is 0 Å². The Morgan fingerprint density at radius 2 is 1.86 bits per heavy atom. The van der Waals surface area contributed by atoms with Crippen LogP contribution in [-0.2, 0) is 6.54 Å². The van der Waals surface area contributed by atoms with E-state index in [4.69, 9.17) is 0 Å². The maximum atomic E-state index is 4.10. The zero-order valence-corrected chi connectivity index (χ0v) is 14.4. The molecule has 0 bridgehead atoms. The molecule has 2 heterocycles. The van der Waals surface area contributed by atoms with E-state index in [1.165, 1.54) is 44.3 Å². The lowest BCUT2D eigenvalue weighted by molar-refractivity contribution is 0.179. The fraction of sp³-hybridized carbons (Fsp3) is 0.737. The second-order valence-electron chi connectivity index (χ2n) is 8.23. The maximum Gasteiger partial charge on any atom is 0.0271 e. The first-order valence-electron chi connectivity index (χ1n) is 8.89. The molecule has 0 unspecified atom stereocenters. The van der Waals surface area contributed by atoms with Crippen LogP contribution in [0.2, 0.25) is 0 Å². The molecule has 0 spiro atoms. The third-order valence-corrected chi connectivity index (χ3v) is 5.53. The molecule has 22 heavy (non-hydrogen) atoms. The first-order chi connectivity index (χ1) is 10.5. The number of nitrogens with zero attached hydrogens (tertiary/aromatic N) is 2. The summed E-state index contributed by atoms with van der Waals surface area (Å²) < 4.78 is 0. The van der Waals surface area contributed by atoms with Gasteiger partial charge in [-0.05, 0) is 67.8 Å². The maximum absolute atomic E-state index is 4.10. The van der Waals surface area contributed by atoms with E-state index in [1.807, 2.05) is 12.4 Å². The number of piperidine rings is 1. The van der Waals surface area contributed by atoms with Crippen LogP contribution >= 0.6 is 0 Å². The van der Waals surface area contributed by atoms with E-state index in [0.29, 0.717) is 5.41 Å². The molecular weight excluding hydrogens is 270 g/mol. The summed E-state index contributed by atoms with van der Waals surface area (Å²) in [6.45, 7) is 10.8. The van der Waals surface area contributed by atoms with Crippen molar-refractivity contribution in [2.45, 2.75) is 65.1 Å². The first-order valence-corrected chi connectivity index (χ1v) is 8.89. The zero-order valence-electron chi connectivity index (χ0n) is 14.4. The minimum absolute atomic E-state index is 0.527. The van der Waals surface area contributed by atoms with Crippen LogP contribution in [0.3, 0.4) is 0 Å². The van der Waals surface area contributed by atoms with E-state index >= 15 is 0 Å². The van der Waals surface area contributed by atoms with Gasteiger partial charge in [0.15, 0.2) is 0 Å². The Morgan fingerprint density at radius 3 is 2.45 bits per heavy atom. The van der Waals surface area contributed by atoms with Gasteiger partial charge < -0.3 is 5.32 Å². The highest BCUT2D eigenvalue weighted by molar-refractivity contribution is 5.09. The topological polar surface area (TPSA) is 28.2 Å². The predicted molar refractivity (Wildman–Crippen MR) is 91.6 cm³/mol. The molecule has 122 valence electrons. The molecule has 3 rings (SSSR count). The standard InChI is InChI=1S/C19H31N3/c1-15-12-19(2,3)13-18(15)21-17-6-10-22(11-7-17)14-16-4-8-20-9-5-16/h4-5,8-9,15,17-18,21H,6-7,10-14H2,1-3H3/t15-,18-/m1/s1. The van der Waals surface area contributed by atoms with E-state index in [-0.39, 0.29) is 0 Å². The van der Waals surface area contributed by atoms with E-state index in [2.05, 4.69) is 48.1 Å². The summed E-state index contributed by atoms with van der Waals surface area (Å²) in [6.07, 6.45) is 9.07. The second-order valence-corrected chi connectivity index (χ2v) is 8.23. The smallest absolute Gasteiger partial charge is 0.0271 e.